The zero-order chi connectivity index (χ0) is 22.5. The second kappa shape index (κ2) is 10.2. The fourth-order valence-electron chi connectivity index (χ4n) is 4.04. The fraction of sp³-hybridized carbons (Fsp3) is 0.400. The van der Waals surface area contributed by atoms with E-state index in [9.17, 15) is 4.79 Å². The van der Waals surface area contributed by atoms with Crippen molar-refractivity contribution in [2.24, 2.45) is 0 Å². The molecule has 0 spiro atoms. The van der Waals surface area contributed by atoms with Crippen LogP contribution in [-0.2, 0) is 17.8 Å². The third-order valence-electron chi connectivity index (χ3n) is 5.81. The van der Waals surface area contributed by atoms with Gasteiger partial charge in [-0.15, -0.1) is 10.2 Å². The van der Waals surface area contributed by atoms with Crippen molar-refractivity contribution in [1.29, 1.82) is 0 Å². The van der Waals surface area contributed by atoms with E-state index in [2.05, 4.69) is 33.8 Å². The van der Waals surface area contributed by atoms with E-state index < -0.39 is 0 Å². The number of aromatic nitrogens is 3. The van der Waals surface area contributed by atoms with Gasteiger partial charge in [0.1, 0.15) is 5.75 Å². The monoisotopic (exact) mass is 450 g/mol. The number of ether oxygens (including phenoxy) is 1. The second-order valence-corrected chi connectivity index (χ2v) is 9.33. The number of carbonyl (C=O) groups is 1. The Morgan fingerprint density at radius 2 is 1.94 bits per heavy atom. The van der Waals surface area contributed by atoms with Crippen LogP contribution >= 0.6 is 11.8 Å². The summed E-state index contributed by atoms with van der Waals surface area (Å²) in [6, 6.07) is 16.1. The van der Waals surface area contributed by atoms with Gasteiger partial charge >= 0.3 is 0 Å². The lowest BCUT2D eigenvalue weighted by Gasteiger charge is -2.31. The topological polar surface area (TPSA) is 60.2 Å². The van der Waals surface area contributed by atoms with E-state index in [0.29, 0.717) is 0 Å². The largest absolute Gasteiger partial charge is 0.497 e. The van der Waals surface area contributed by atoms with Gasteiger partial charge < -0.3 is 14.2 Å². The molecule has 0 saturated carbocycles. The highest BCUT2D eigenvalue weighted by Gasteiger charge is 2.28. The van der Waals surface area contributed by atoms with Crippen LogP contribution in [-0.4, -0.2) is 39.6 Å². The van der Waals surface area contributed by atoms with Crippen molar-refractivity contribution in [1.82, 2.24) is 14.8 Å². The maximum Gasteiger partial charge on any atom is 0.240 e. The summed E-state index contributed by atoms with van der Waals surface area (Å²) < 4.78 is 7.42. The molecule has 0 N–H and O–H groups in total. The normalized spacial score (nSPS) is 14.2. The first-order valence-electron chi connectivity index (χ1n) is 11.3. The Hall–Kier alpha value is -2.80. The number of carbonyl (C=O) groups excluding carboxylic acids is 1. The van der Waals surface area contributed by atoms with Gasteiger partial charge in [0.2, 0.25) is 5.91 Å². The number of thioether (sulfide) groups is 1. The van der Waals surface area contributed by atoms with Crippen LogP contribution in [0.2, 0.25) is 0 Å². The molecule has 1 aromatic heterocycles. The Kier molecular flexibility index (Phi) is 7.15. The molecule has 32 heavy (non-hydrogen) atoms. The van der Waals surface area contributed by atoms with Gasteiger partial charge in [-0.3, -0.25) is 4.79 Å². The van der Waals surface area contributed by atoms with E-state index >= 15 is 0 Å². The predicted octanol–water partition coefficient (Wildman–Crippen LogP) is 5.21. The Morgan fingerprint density at radius 1 is 1.16 bits per heavy atom. The van der Waals surface area contributed by atoms with Gasteiger partial charge in [-0.2, -0.15) is 0 Å². The number of anilines is 1. The highest BCUT2D eigenvalue weighted by Crippen LogP contribution is 2.32. The lowest BCUT2D eigenvalue weighted by Crippen LogP contribution is -2.40. The number of methoxy groups -OCH3 is 1. The molecule has 0 aliphatic carbocycles. The first-order chi connectivity index (χ1) is 15.6. The van der Waals surface area contributed by atoms with Crippen molar-refractivity contribution in [2.75, 3.05) is 18.6 Å². The number of hydrogen-bond acceptors (Lipinski definition) is 5. The van der Waals surface area contributed by atoms with Gasteiger partial charge in [0, 0.05) is 24.3 Å². The quantitative estimate of drug-likeness (QED) is 0.441. The van der Waals surface area contributed by atoms with Gasteiger partial charge in [-0.05, 0) is 62.1 Å². The molecule has 2 heterocycles. The van der Waals surface area contributed by atoms with E-state index in [0.717, 1.165) is 66.8 Å². The number of benzene rings is 2. The molecule has 0 fully saturated rings. The second-order valence-electron chi connectivity index (χ2n) is 8.02. The van der Waals surface area contributed by atoms with Crippen molar-refractivity contribution in [3.8, 4) is 17.1 Å². The zero-order valence-corrected chi connectivity index (χ0v) is 19.8. The first kappa shape index (κ1) is 22.4. The van der Waals surface area contributed by atoms with Gasteiger partial charge in [0.05, 0.1) is 12.4 Å². The van der Waals surface area contributed by atoms with E-state index in [4.69, 9.17) is 4.74 Å². The highest BCUT2D eigenvalue weighted by molar-refractivity contribution is 8.00. The van der Waals surface area contributed by atoms with Crippen molar-refractivity contribution in [2.45, 2.75) is 56.5 Å². The van der Waals surface area contributed by atoms with E-state index in [1.54, 1.807) is 7.11 Å². The Balaban J connectivity index is 1.57. The predicted molar refractivity (Wildman–Crippen MR) is 129 cm³/mol. The van der Waals surface area contributed by atoms with Crippen LogP contribution < -0.4 is 9.64 Å². The number of para-hydroxylation sites is 1. The molecular formula is C25H30N4O2S. The van der Waals surface area contributed by atoms with Crippen LogP contribution in [0, 0.1) is 0 Å². The molecule has 1 unspecified atom stereocenters. The number of unbranched alkanes of at least 4 members (excludes halogenated alkanes) is 1. The molecule has 7 heteroatoms. The average molecular weight is 451 g/mol. The minimum Gasteiger partial charge on any atom is -0.497 e. The Labute approximate surface area is 194 Å². The molecule has 2 aromatic carbocycles. The number of aryl methyl sites for hydroxylation is 1. The summed E-state index contributed by atoms with van der Waals surface area (Å²) in [5.74, 6) is 1.76. The van der Waals surface area contributed by atoms with Gasteiger partial charge in [-0.1, -0.05) is 43.3 Å². The molecule has 3 aromatic rings. The molecule has 6 nitrogen and oxygen atoms in total. The lowest BCUT2D eigenvalue weighted by atomic mass is 10.0. The molecule has 168 valence electrons. The van der Waals surface area contributed by atoms with Crippen molar-refractivity contribution >= 4 is 23.4 Å². The molecule has 1 aliphatic heterocycles. The Morgan fingerprint density at radius 3 is 2.69 bits per heavy atom. The maximum atomic E-state index is 13.4. The molecule has 1 amide bonds. The van der Waals surface area contributed by atoms with E-state index in [-0.39, 0.29) is 11.2 Å². The molecule has 0 saturated heterocycles. The summed E-state index contributed by atoms with van der Waals surface area (Å²) in [5.41, 5.74) is 3.28. The third kappa shape index (κ3) is 4.67. The molecule has 1 aliphatic rings. The average Bonchev–Trinajstić information content (AvgIpc) is 3.23. The summed E-state index contributed by atoms with van der Waals surface area (Å²) in [6.45, 7) is 5.72. The molecule has 0 radical (unpaired) electrons. The van der Waals surface area contributed by atoms with Crippen LogP contribution in [0.4, 0.5) is 5.69 Å². The number of amides is 1. The number of rotatable bonds is 8. The number of fused-ring (bicyclic) bond motifs is 1. The van der Waals surface area contributed by atoms with Crippen LogP contribution in [0.3, 0.4) is 0 Å². The van der Waals surface area contributed by atoms with Gasteiger partial charge in [-0.25, -0.2) is 0 Å². The lowest BCUT2D eigenvalue weighted by molar-refractivity contribution is -0.117. The highest BCUT2D eigenvalue weighted by atomic mass is 32.2. The molecule has 4 rings (SSSR count). The maximum absolute atomic E-state index is 13.4. The van der Waals surface area contributed by atoms with Gasteiger partial charge in [0.15, 0.2) is 11.0 Å². The standard InChI is InChI=1S/C25H30N4O2S/c1-4-5-16-29-23(20-12-14-21(31-3)15-13-20)26-27-25(29)32-18(2)24(30)28-17-8-10-19-9-6-7-11-22(19)28/h6-7,9,11-15,18H,4-5,8,10,16-17H2,1-3H3. The van der Waals surface area contributed by atoms with Crippen molar-refractivity contribution < 1.29 is 9.53 Å². The van der Waals surface area contributed by atoms with E-state index in [1.807, 2.05) is 48.2 Å². The molecule has 0 bridgehead atoms. The van der Waals surface area contributed by atoms with Crippen LogP contribution in [0.1, 0.15) is 38.7 Å². The number of hydrogen-bond donors (Lipinski definition) is 0. The van der Waals surface area contributed by atoms with Crippen LogP contribution in [0.25, 0.3) is 11.4 Å². The Bertz CT molecular complexity index is 1060. The summed E-state index contributed by atoms with van der Waals surface area (Å²) in [4.78, 5) is 15.3. The van der Waals surface area contributed by atoms with Crippen LogP contribution in [0.15, 0.2) is 53.7 Å². The van der Waals surface area contributed by atoms with Crippen molar-refractivity contribution in [3.63, 3.8) is 0 Å². The molecule has 1 atom stereocenters. The summed E-state index contributed by atoms with van der Waals surface area (Å²) in [6.07, 6.45) is 4.12. The summed E-state index contributed by atoms with van der Waals surface area (Å²) in [5, 5.41) is 9.49. The third-order valence-corrected chi connectivity index (χ3v) is 6.87. The van der Waals surface area contributed by atoms with Crippen molar-refractivity contribution in [3.05, 3.63) is 54.1 Å². The van der Waals surface area contributed by atoms with Crippen LogP contribution in [0.5, 0.6) is 5.75 Å². The summed E-state index contributed by atoms with van der Waals surface area (Å²) in [7, 11) is 1.66. The summed E-state index contributed by atoms with van der Waals surface area (Å²) >= 11 is 1.49. The first-order valence-corrected chi connectivity index (χ1v) is 12.1. The zero-order valence-electron chi connectivity index (χ0n) is 19.0. The SMILES string of the molecule is CCCCn1c(SC(C)C(=O)N2CCCc3ccccc32)nnc1-c1ccc(OC)cc1. The smallest absolute Gasteiger partial charge is 0.240 e. The fourth-order valence-corrected chi connectivity index (χ4v) is 4.98. The number of nitrogens with zero attached hydrogens (tertiary/aromatic N) is 4. The minimum absolute atomic E-state index is 0.123. The van der Waals surface area contributed by atoms with E-state index in [1.165, 1.54) is 17.3 Å². The minimum atomic E-state index is -0.255. The van der Waals surface area contributed by atoms with Gasteiger partial charge in [0.25, 0.3) is 0 Å². The molecular weight excluding hydrogens is 420 g/mol.